The van der Waals surface area contributed by atoms with E-state index in [1.807, 2.05) is 11.6 Å². The van der Waals surface area contributed by atoms with Crippen LogP contribution in [0.4, 0.5) is 0 Å². The molecule has 1 saturated heterocycles. The molecule has 0 bridgehead atoms. The lowest BCUT2D eigenvalue weighted by Crippen LogP contribution is -2.33. The molecule has 1 aromatic heterocycles. The van der Waals surface area contributed by atoms with Crippen molar-refractivity contribution in [1.82, 2.24) is 14.4 Å². The molecule has 0 amide bonds. The third-order valence-electron chi connectivity index (χ3n) is 5.61. The normalized spacial score (nSPS) is 18.2. The topological polar surface area (TPSA) is 35.2 Å². The molecular formula is C22H30N4. The zero-order valence-electron chi connectivity index (χ0n) is 16.5. The van der Waals surface area contributed by atoms with Gasteiger partial charge in [0.25, 0.3) is 0 Å². The minimum Gasteiger partial charge on any atom is -0.340 e. The molecule has 1 unspecified atom stereocenters. The average Bonchev–Trinajstić information content (AvgIpc) is 2.90. The second kappa shape index (κ2) is 8.07. The van der Waals surface area contributed by atoms with E-state index in [4.69, 9.17) is 0 Å². The van der Waals surface area contributed by atoms with Crippen LogP contribution < -0.4 is 0 Å². The van der Waals surface area contributed by atoms with Crippen molar-refractivity contribution in [3.8, 4) is 6.07 Å². The molecule has 1 aliphatic heterocycles. The van der Waals surface area contributed by atoms with Crippen LogP contribution in [0.2, 0.25) is 0 Å². The lowest BCUT2D eigenvalue weighted by Gasteiger charge is -2.36. The zero-order valence-corrected chi connectivity index (χ0v) is 16.5. The molecule has 26 heavy (non-hydrogen) atoms. The monoisotopic (exact) mass is 350 g/mol. The van der Waals surface area contributed by atoms with Gasteiger partial charge in [0.1, 0.15) is 11.8 Å². The van der Waals surface area contributed by atoms with Crippen molar-refractivity contribution < 1.29 is 0 Å². The first kappa shape index (κ1) is 18.7. The summed E-state index contributed by atoms with van der Waals surface area (Å²) in [6.07, 6.45) is 3.76. The molecule has 0 saturated carbocycles. The Morgan fingerprint density at radius 2 is 1.92 bits per heavy atom. The minimum atomic E-state index is 0.474. The molecular weight excluding hydrogens is 320 g/mol. The molecule has 0 N–H and O–H groups in total. The van der Waals surface area contributed by atoms with Gasteiger partial charge in [-0.25, -0.2) is 0 Å². The molecule has 1 aliphatic rings. The molecule has 2 aromatic rings. The number of aromatic nitrogens is 1. The lowest BCUT2D eigenvalue weighted by atomic mass is 9.94. The standard InChI is InChI=1S/C22H30N4/c1-17-20(13-21(14-23)25(17)4)16-26-12-6-5-7-22(26)19-10-8-18(9-11-19)15-24(2)3/h8-11,13,22H,5-7,12,15-16H2,1-4H3. The average molecular weight is 351 g/mol. The first-order chi connectivity index (χ1) is 12.5. The van der Waals surface area contributed by atoms with E-state index in [0.717, 1.165) is 25.3 Å². The Morgan fingerprint density at radius 1 is 1.19 bits per heavy atom. The van der Waals surface area contributed by atoms with E-state index in [1.165, 1.54) is 41.6 Å². The second-order valence-electron chi connectivity index (χ2n) is 7.77. The molecule has 1 fully saturated rings. The summed E-state index contributed by atoms with van der Waals surface area (Å²) in [6.45, 7) is 5.14. The Hall–Kier alpha value is -2.09. The number of nitriles is 1. The predicted octanol–water partition coefficient (Wildman–Crippen LogP) is 3.99. The maximum atomic E-state index is 9.29. The van der Waals surface area contributed by atoms with Gasteiger partial charge in [0.15, 0.2) is 0 Å². The Balaban J connectivity index is 1.79. The quantitative estimate of drug-likeness (QED) is 0.818. The fraction of sp³-hybridized carbons (Fsp3) is 0.500. The van der Waals surface area contributed by atoms with E-state index in [0.29, 0.717) is 6.04 Å². The number of rotatable bonds is 5. The van der Waals surface area contributed by atoms with Crippen LogP contribution in [0.25, 0.3) is 0 Å². The summed E-state index contributed by atoms with van der Waals surface area (Å²) in [5.74, 6) is 0. The fourth-order valence-corrected chi connectivity index (χ4v) is 4.02. The van der Waals surface area contributed by atoms with Crippen molar-refractivity contribution in [1.29, 1.82) is 5.26 Å². The third-order valence-corrected chi connectivity index (χ3v) is 5.61. The molecule has 138 valence electrons. The van der Waals surface area contributed by atoms with Gasteiger partial charge in [0.05, 0.1) is 0 Å². The van der Waals surface area contributed by atoms with Crippen LogP contribution in [-0.4, -0.2) is 35.0 Å². The summed E-state index contributed by atoms with van der Waals surface area (Å²) in [6, 6.07) is 14.0. The summed E-state index contributed by atoms with van der Waals surface area (Å²) in [7, 11) is 6.19. The van der Waals surface area contributed by atoms with Crippen molar-refractivity contribution >= 4 is 0 Å². The highest BCUT2D eigenvalue weighted by molar-refractivity contribution is 5.34. The second-order valence-corrected chi connectivity index (χ2v) is 7.77. The van der Waals surface area contributed by atoms with Crippen molar-refractivity contribution in [3.05, 3.63) is 58.4 Å². The number of hydrogen-bond donors (Lipinski definition) is 0. The zero-order chi connectivity index (χ0) is 18.7. The maximum absolute atomic E-state index is 9.29. The van der Waals surface area contributed by atoms with Gasteiger partial charge >= 0.3 is 0 Å². The van der Waals surface area contributed by atoms with Gasteiger partial charge in [-0.2, -0.15) is 5.26 Å². The third kappa shape index (κ3) is 4.00. The van der Waals surface area contributed by atoms with Gasteiger partial charge in [-0.1, -0.05) is 30.7 Å². The summed E-state index contributed by atoms with van der Waals surface area (Å²) >= 11 is 0. The van der Waals surface area contributed by atoms with E-state index >= 15 is 0 Å². The molecule has 0 spiro atoms. The lowest BCUT2D eigenvalue weighted by molar-refractivity contribution is 0.140. The number of piperidine rings is 1. The molecule has 2 heterocycles. The molecule has 1 atom stereocenters. The van der Waals surface area contributed by atoms with Crippen molar-refractivity contribution in [2.75, 3.05) is 20.6 Å². The van der Waals surface area contributed by atoms with Crippen LogP contribution in [0.15, 0.2) is 30.3 Å². The summed E-state index contributed by atoms with van der Waals surface area (Å²) in [5.41, 5.74) is 6.01. The van der Waals surface area contributed by atoms with E-state index in [-0.39, 0.29) is 0 Å². The fourth-order valence-electron chi connectivity index (χ4n) is 4.02. The Bertz CT molecular complexity index is 780. The molecule has 4 nitrogen and oxygen atoms in total. The number of hydrogen-bond acceptors (Lipinski definition) is 3. The first-order valence-electron chi connectivity index (χ1n) is 9.52. The molecule has 3 rings (SSSR count). The van der Waals surface area contributed by atoms with Gasteiger partial charge in [-0.15, -0.1) is 0 Å². The Labute approximate surface area is 157 Å². The van der Waals surface area contributed by atoms with Gasteiger partial charge < -0.3 is 9.47 Å². The van der Waals surface area contributed by atoms with Crippen LogP contribution >= 0.6 is 0 Å². The van der Waals surface area contributed by atoms with E-state index in [9.17, 15) is 5.26 Å². The largest absolute Gasteiger partial charge is 0.340 e. The van der Waals surface area contributed by atoms with Crippen LogP contribution in [0.1, 0.15) is 53.4 Å². The van der Waals surface area contributed by atoms with Crippen LogP contribution in [-0.2, 0) is 20.1 Å². The Morgan fingerprint density at radius 3 is 2.54 bits per heavy atom. The Kier molecular flexibility index (Phi) is 5.80. The molecule has 0 aliphatic carbocycles. The smallest absolute Gasteiger partial charge is 0.120 e. The highest BCUT2D eigenvalue weighted by Gasteiger charge is 2.25. The van der Waals surface area contributed by atoms with E-state index in [2.05, 4.69) is 67.2 Å². The molecule has 4 heteroatoms. The van der Waals surface area contributed by atoms with E-state index in [1.54, 1.807) is 0 Å². The summed E-state index contributed by atoms with van der Waals surface area (Å²) in [5, 5.41) is 9.29. The van der Waals surface area contributed by atoms with Gasteiger partial charge in [-0.05, 0) is 63.2 Å². The number of benzene rings is 1. The number of likely N-dealkylation sites (tertiary alicyclic amines) is 1. The van der Waals surface area contributed by atoms with E-state index < -0.39 is 0 Å². The van der Waals surface area contributed by atoms with Crippen LogP contribution in [0, 0.1) is 18.3 Å². The van der Waals surface area contributed by atoms with Crippen LogP contribution in [0.5, 0.6) is 0 Å². The predicted molar refractivity (Wildman–Crippen MR) is 106 cm³/mol. The highest BCUT2D eigenvalue weighted by Crippen LogP contribution is 2.33. The van der Waals surface area contributed by atoms with Crippen molar-refractivity contribution in [3.63, 3.8) is 0 Å². The molecule has 0 radical (unpaired) electrons. The minimum absolute atomic E-state index is 0.474. The maximum Gasteiger partial charge on any atom is 0.120 e. The van der Waals surface area contributed by atoms with Crippen LogP contribution in [0.3, 0.4) is 0 Å². The van der Waals surface area contributed by atoms with Gasteiger partial charge in [0.2, 0.25) is 0 Å². The molecule has 1 aromatic carbocycles. The van der Waals surface area contributed by atoms with Crippen molar-refractivity contribution in [2.45, 2.75) is 45.3 Å². The summed E-state index contributed by atoms with van der Waals surface area (Å²) in [4.78, 5) is 4.79. The first-order valence-corrected chi connectivity index (χ1v) is 9.52. The van der Waals surface area contributed by atoms with Gasteiger partial charge in [-0.3, -0.25) is 4.90 Å². The number of nitrogens with zero attached hydrogens (tertiary/aromatic N) is 4. The van der Waals surface area contributed by atoms with Crippen molar-refractivity contribution in [2.24, 2.45) is 7.05 Å². The highest BCUT2D eigenvalue weighted by atomic mass is 15.2. The summed E-state index contributed by atoms with van der Waals surface area (Å²) < 4.78 is 2.00. The van der Waals surface area contributed by atoms with Gasteiger partial charge in [0, 0.05) is 31.9 Å². The SMILES string of the molecule is Cc1c(CN2CCCCC2c2ccc(CN(C)C)cc2)cc(C#N)n1C.